The molecule has 2 amide bonds. The van der Waals surface area contributed by atoms with Crippen molar-refractivity contribution in [3.8, 4) is 17.5 Å². The summed E-state index contributed by atoms with van der Waals surface area (Å²) in [5, 5.41) is 20.9. The van der Waals surface area contributed by atoms with Gasteiger partial charge in [0.05, 0.1) is 34.6 Å². The summed E-state index contributed by atoms with van der Waals surface area (Å²) in [6, 6.07) is 3.85. The Morgan fingerprint density at radius 3 is 2.78 bits per heavy atom. The van der Waals surface area contributed by atoms with Gasteiger partial charge in [-0.05, 0) is 31.7 Å². The molecule has 11 heteroatoms. The zero-order valence-electron chi connectivity index (χ0n) is 17.7. The minimum Gasteiger partial charge on any atom is -0.378 e. The molecule has 0 bridgehead atoms. The molecule has 0 spiro atoms. The third kappa shape index (κ3) is 3.15. The summed E-state index contributed by atoms with van der Waals surface area (Å²) < 4.78 is 6.86. The van der Waals surface area contributed by atoms with Crippen molar-refractivity contribution in [1.29, 1.82) is 5.26 Å². The van der Waals surface area contributed by atoms with Gasteiger partial charge in [0.2, 0.25) is 5.91 Å². The highest BCUT2D eigenvalue weighted by atomic mass is 16.5. The second kappa shape index (κ2) is 7.05. The average Bonchev–Trinajstić information content (AvgIpc) is 3.05. The first-order valence-corrected chi connectivity index (χ1v) is 10.4. The molecule has 1 aliphatic heterocycles. The van der Waals surface area contributed by atoms with Crippen molar-refractivity contribution in [1.82, 2.24) is 24.7 Å². The van der Waals surface area contributed by atoms with Crippen LogP contribution < -0.4 is 11.1 Å². The number of nitrogens with two attached hydrogens (primary N) is 1. The fourth-order valence-corrected chi connectivity index (χ4v) is 4.23. The number of primary amides is 1. The Bertz CT molecular complexity index is 1280. The van der Waals surface area contributed by atoms with Crippen LogP contribution >= 0.6 is 0 Å². The molecule has 0 aromatic carbocycles. The van der Waals surface area contributed by atoms with Gasteiger partial charge in [0.25, 0.3) is 11.8 Å². The highest BCUT2D eigenvalue weighted by molar-refractivity contribution is 6.02. The lowest BCUT2D eigenvalue weighted by Gasteiger charge is -2.21. The molecular weight excluding hydrogens is 412 g/mol. The minimum absolute atomic E-state index is 0.107. The summed E-state index contributed by atoms with van der Waals surface area (Å²) in [6.07, 6.45) is 4.38. The van der Waals surface area contributed by atoms with Gasteiger partial charge in [-0.2, -0.15) is 15.3 Å². The first-order valence-electron chi connectivity index (χ1n) is 10.4. The maximum Gasteiger partial charge on any atom is 0.259 e. The molecule has 2 atom stereocenters. The molecule has 0 unspecified atom stereocenters. The van der Waals surface area contributed by atoms with E-state index >= 15 is 0 Å². The lowest BCUT2D eigenvalue weighted by molar-refractivity contribution is -0.134. The van der Waals surface area contributed by atoms with Gasteiger partial charge in [-0.25, -0.2) is 4.52 Å². The molecule has 11 nitrogen and oxygen atoms in total. The van der Waals surface area contributed by atoms with Crippen LogP contribution in [-0.4, -0.2) is 55.6 Å². The SMILES string of the molecule is Cc1noc(-c2cc3c(N[C@@H]4CN(C(=O)C5(C#N)CC5)C[C@H]4C)c(C(N)=O)cnn3c2)n1. The predicted molar refractivity (Wildman–Crippen MR) is 112 cm³/mol. The second-order valence-corrected chi connectivity index (χ2v) is 8.63. The molecule has 32 heavy (non-hydrogen) atoms. The van der Waals surface area contributed by atoms with E-state index < -0.39 is 11.3 Å². The van der Waals surface area contributed by atoms with Gasteiger partial charge < -0.3 is 20.5 Å². The van der Waals surface area contributed by atoms with Crippen LogP contribution in [0.5, 0.6) is 0 Å². The number of carbonyl (C=O) groups excluding carboxylic acids is 2. The zero-order valence-corrected chi connectivity index (χ0v) is 17.7. The third-order valence-electron chi connectivity index (χ3n) is 6.28. The van der Waals surface area contributed by atoms with Crippen molar-refractivity contribution in [2.45, 2.75) is 32.7 Å². The van der Waals surface area contributed by atoms with E-state index in [1.165, 1.54) is 6.20 Å². The Hall–Kier alpha value is -3.94. The monoisotopic (exact) mass is 434 g/mol. The summed E-state index contributed by atoms with van der Waals surface area (Å²) in [5.41, 5.74) is 6.83. The number of amides is 2. The molecule has 3 aromatic rings. The molecule has 5 rings (SSSR count). The van der Waals surface area contributed by atoms with Crippen molar-refractivity contribution < 1.29 is 14.1 Å². The van der Waals surface area contributed by atoms with Gasteiger partial charge in [0, 0.05) is 25.3 Å². The van der Waals surface area contributed by atoms with Crippen LogP contribution in [0.1, 0.15) is 35.9 Å². The number of hydrogen-bond acceptors (Lipinski definition) is 8. The largest absolute Gasteiger partial charge is 0.378 e. The van der Waals surface area contributed by atoms with E-state index in [0.717, 1.165) is 0 Å². The van der Waals surface area contributed by atoms with Crippen molar-refractivity contribution in [3.63, 3.8) is 0 Å². The minimum atomic E-state index is -0.852. The third-order valence-corrected chi connectivity index (χ3v) is 6.28. The molecule has 0 radical (unpaired) electrons. The smallest absolute Gasteiger partial charge is 0.259 e. The number of anilines is 1. The van der Waals surface area contributed by atoms with Gasteiger partial charge in [-0.15, -0.1) is 0 Å². The molecule has 1 aliphatic carbocycles. The Morgan fingerprint density at radius 2 is 2.16 bits per heavy atom. The summed E-state index contributed by atoms with van der Waals surface area (Å²) in [4.78, 5) is 30.9. The highest BCUT2D eigenvalue weighted by Gasteiger charge is 2.54. The Morgan fingerprint density at radius 1 is 1.38 bits per heavy atom. The standard InChI is InChI=1S/C21H22N8O3/c1-11-7-28(20(31)21(10-22)3-4-21)9-15(11)26-17-14(18(23)30)6-24-29-8-13(5-16(17)29)19-25-12(2)27-32-19/h5-6,8,11,15,26H,3-4,7,9H2,1-2H3,(H2,23,30)/t11-,15-/m1/s1. The number of nitrogens with zero attached hydrogens (tertiary/aromatic N) is 6. The number of aryl methyl sites for hydroxylation is 1. The lowest BCUT2D eigenvalue weighted by Crippen LogP contribution is -2.36. The molecule has 1 saturated heterocycles. The van der Waals surface area contributed by atoms with E-state index in [-0.39, 0.29) is 23.4 Å². The molecular formula is C21H22N8O3. The summed E-state index contributed by atoms with van der Waals surface area (Å²) in [7, 11) is 0. The van der Waals surface area contributed by atoms with Crippen molar-refractivity contribution in [2.75, 3.05) is 18.4 Å². The normalized spacial score (nSPS) is 21.5. The summed E-state index contributed by atoms with van der Waals surface area (Å²) in [6.45, 7) is 4.74. The molecule has 4 heterocycles. The lowest BCUT2D eigenvalue weighted by atomic mass is 10.1. The first kappa shape index (κ1) is 20.0. The van der Waals surface area contributed by atoms with E-state index in [2.05, 4.69) is 26.6 Å². The molecule has 1 saturated carbocycles. The van der Waals surface area contributed by atoms with E-state index in [0.29, 0.717) is 54.4 Å². The maximum atomic E-state index is 12.8. The van der Waals surface area contributed by atoms with Crippen molar-refractivity contribution in [3.05, 3.63) is 29.8 Å². The number of nitrogens with one attached hydrogen (secondary N) is 1. The summed E-state index contributed by atoms with van der Waals surface area (Å²) in [5.74, 6) is 0.240. The topological polar surface area (TPSA) is 155 Å². The predicted octanol–water partition coefficient (Wildman–Crippen LogP) is 1.35. The number of fused-ring (bicyclic) bond motifs is 1. The van der Waals surface area contributed by atoms with Crippen molar-refractivity contribution >= 4 is 23.0 Å². The van der Waals surface area contributed by atoms with Crippen LogP contribution in [0.4, 0.5) is 5.69 Å². The van der Waals surface area contributed by atoms with Crippen LogP contribution in [-0.2, 0) is 4.79 Å². The number of likely N-dealkylation sites (tertiary alicyclic amines) is 1. The van der Waals surface area contributed by atoms with E-state index in [9.17, 15) is 14.9 Å². The molecule has 164 valence electrons. The van der Waals surface area contributed by atoms with Gasteiger partial charge >= 0.3 is 0 Å². The fraction of sp³-hybridized carbons (Fsp3) is 0.429. The van der Waals surface area contributed by atoms with Crippen LogP contribution in [0.25, 0.3) is 17.0 Å². The molecule has 2 fully saturated rings. The van der Waals surface area contributed by atoms with Crippen molar-refractivity contribution in [2.24, 2.45) is 17.1 Å². The highest BCUT2D eigenvalue weighted by Crippen LogP contribution is 2.47. The first-order chi connectivity index (χ1) is 15.3. The van der Waals surface area contributed by atoms with Crippen LogP contribution in [0.15, 0.2) is 23.0 Å². The number of aromatic nitrogens is 4. The summed E-state index contributed by atoms with van der Waals surface area (Å²) >= 11 is 0. The molecule has 2 aliphatic rings. The van der Waals surface area contributed by atoms with E-state index in [4.69, 9.17) is 10.3 Å². The maximum absolute atomic E-state index is 12.8. The molecule has 3 N–H and O–H groups in total. The number of carbonyl (C=O) groups is 2. The average molecular weight is 434 g/mol. The number of rotatable bonds is 5. The Labute approximate surface area is 183 Å². The van der Waals surface area contributed by atoms with Crippen LogP contribution in [0.3, 0.4) is 0 Å². The van der Waals surface area contributed by atoms with Crippen LogP contribution in [0.2, 0.25) is 0 Å². The zero-order chi connectivity index (χ0) is 22.6. The Kier molecular flexibility index (Phi) is 4.40. The number of nitriles is 1. The van der Waals surface area contributed by atoms with Gasteiger partial charge in [-0.3, -0.25) is 9.59 Å². The van der Waals surface area contributed by atoms with Gasteiger partial charge in [0.1, 0.15) is 5.41 Å². The van der Waals surface area contributed by atoms with Crippen LogP contribution in [0, 0.1) is 29.6 Å². The second-order valence-electron chi connectivity index (χ2n) is 8.63. The Balaban J connectivity index is 1.48. The number of hydrogen-bond donors (Lipinski definition) is 2. The quantitative estimate of drug-likeness (QED) is 0.610. The van der Waals surface area contributed by atoms with Gasteiger partial charge in [0.15, 0.2) is 5.82 Å². The van der Waals surface area contributed by atoms with E-state index in [1.807, 2.05) is 6.92 Å². The van der Waals surface area contributed by atoms with E-state index in [1.54, 1.807) is 28.6 Å². The molecule has 3 aromatic heterocycles. The van der Waals surface area contributed by atoms with Gasteiger partial charge in [-0.1, -0.05) is 12.1 Å². The fourth-order valence-electron chi connectivity index (χ4n) is 4.23.